The largest absolute Gasteiger partial charge is 0.496 e. The third-order valence-corrected chi connectivity index (χ3v) is 5.01. The molecular formula is C22H17FN4O. The highest BCUT2D eigenvalue weighted by Gasteiger charge is 2.23. The molecule has 0 unspecified atom stereocenters. The van der Waals surface area contributed by atoms with Gasteiger partial charge in [0, 0.05) is 28.4 Å². The molecule has 1 aliphatic rings. The molecule has 3 heterocycles. The number of methoxy groups -OCH3 is 1. The van der Waals surface area contributed by atoms with Crippen molar-refractivity contribution >= 4 is 23.1 Å². The summed E-state index contributed by atoms with van der Waals surface area (Å²) in [6.07, 6.45) is 5.61. The zero-order chi connectivity index (χ0) is 19.3. The Hall–Kier alpha value is -3.54. The minimum Gasteiger partial charge on any atom is -0.496 e. The number of hydrogen-bond acceptors (Lipinski definition) is 4. The van der Waals surface area contributed by atoms with E-state index in [1.54, 1.807) is 19.3 Å². The van der Waals surface area contributed by atoms with E-state index in [4.69, 9.17) is 9.72 Å². The topological polar surface area (TPSA) is 52.8 Å². The minimum absolute atomic E-state index is 0.336. The van der Waals surface area contributed by atoms with Crippen LogP contribution in [0.25, 0.3) is 34.4 Å². The van der Waals surface area contributed by atoms with Gasteiger partial charge in [-0.2, -0.15) is 0 Å². The number of rotatable bonds is 3. The van der Waals surface area contributed by atoms with Crippen molar-refractivity contribution in [1.82, 2.24) is 19.5 Å². The van der Waals surface area contributed by atoms with Crippen molar-refractivity contribution in [3.63, 3.8) is 0 Å². The van der Waals surface area contributed by atoms with Crippen LogP contribution in [0.15, 0.2) is 42.6 Å². The molecule has 0 bridgehead atoms. The summed E-state index contributed by atoms with van der Waals surface area (Å²) < 4.78 is 21.6. The molecular weight excluding hydrogens is 355 g/mol. The number of hydrogen-bond donors (Lipinski definition) is 0. The van der Waals surface area contributed by atoms with Crippen LogP contribution in [0.5, 0.6) is 5.75 Å². The Morgan fingerprint density at radius 1 is 1.07 bits per heavy atom. The predicted molar refractivity (Wildman–Crippen MR) is 106 cm³/mol. The van der Waals surface area contributed by atoms with Crippen molar-refractivity contribution in [3.8, 4) is 17.1 Å². The van der Waals surface area contributed by atoms with Crippen LogP contribution in [0, 0.1) is 12.7 Å². The van der Waals surface area contributed by atoms with Gasteiger partial charge in [-0.25, -0.2) is 19.3 Å². The van der Waals surface area contributed by atoms with Crippen LogP contribution in [-0.2, 0) is 6.54 Å². The molecule has 138 valence electrons. The number of imidazole rings is 1. The SMILES string of the molecule is COc1cccc2c1Cn1cc(/C=C/c3nc(C)c4cccc(F)c4n3)nc1-2. The summed E-state index contributed by atoms with van der Waals surface area (Å²) in [6, 6.07) is 10.9. The summed E-state index contributed by atoms with van der Waals surface area (Å²) >= 11 is 0. The summed E-state index contributed by atoms with van der Waals surface area (Å²) in [7, 11) is 1.68. The van der Waals surface area contributed by atoms with Crippen molar-refractivity contribution in [2.45, 2.75) is 13.5 Å². The monoisotopic (exact) mass is 372 g/mol. The van der Waals surface area contributed by atoms with Gasteiger partial charge in [0.15, 0.2) is 5.82 Å². The Morgan fingerprint density at radius 3 is 2.79 bits per heavy atom. The Kier molecular flexibility index (Phi) is 3.72. The number of fused-ring (bicyclic) bond motifs is 4. The van der Waals surface area contributed by atoms with Crippen LogP contribution in [-0.4, -0.2) is 26.6 Å². The molecule has 0 amide bonds. The Balaban J connectivity index is 1.50. The summed E-state index contributed by atoms with van der Waals surface area (Å²) in [5, 5.41) is 0.726. The van der Waals surface area contributed by atoms with Gasteiger partial charge in [0.05, 0.1) is 19.3 Å². The number of aromatic nitrogens is 4. The first-order valence-electron chi connectivity index (χ1n) is 8.98. The number of benzene rings is 2. The zero-order valence-electron chi connectivity index (χ0n) is 15.5. The maximum atomic E-state index is 14.1. The molecule has 5 rings (SSSR count). The second kappa shape index (κ2) is 6.27. The second-order valence-electron chi connectivity index (χ2n) is 6.74. The molecule has 5 nitrogen and oxygen atoms in total. The highest BCUT2D eigenvalue weighted by molar-refractivity contribution is 5.82. The van der Waals surface area contributed by atoms with Crippen molar-refractivity contribution in [3.05, 3.63) is 71.2 Å². The molecule has 2 aromatic carbocycles. The first-order chi connectivity index (χ1) is 13.6. The first-order valence-corrected chi connectivity index (χ1v) is 8.98. The Morgan fingerprint density at radius 2 is 1.93 bits per heavy atom. The molecule has 0 saturated carbocycles. The fourth-order valence-corrected chi connectivity index (χ4v) is 3.68. The van der Waals surface area contributed by atoms with Crippen LogP contribution in [0.2, 0.25) is 0 Å². The number of aryl methyl sites for hydroxylation is 1. The molecule has 0 fully saturated rings. The third kappa shape index (κ3) is 2.57. The average Bonchev–Trinajstić information content (AvgIpc) is 3.24. The van der Waals surface area contributed by atoms with E-state index in [-0.39, 0.29) is 5.82 Å². The van der Waals surface area contributed by atoms with Crippen LogP contribution in [0.1, 0.15) is 22.8 Å². The second-order valence-corrected chi connectivity index (χ2v) is 6.74. The van der Waals surface area contributed by atoms with Gasteiger partial charge in [-0.05, 0) is 31.2 Å². The number of ether oxygens (including phenoxy) is 1. The van der Waals surface area contributed by atoms with Gasteiger partial charge in [-0.1, -0.05) is 24.3 Å². The summed E-state index contributed by atoms with van der Waals surface area (Å²) in [5.41, 5.74) is 4.12. The number of para-hydroxylation sites is 1. The van der Waals surface area contributed by atoms with Crippen LogP contribution in [0.3, 0.4) is 0 Å². The van der Waals surface area contributed by atoms with Gasteiger partial charge in [0.25, 0.3) is 0 Å². The highest BCUT2D eigenvalue weighted by Crippen LogP contribution is 2.36. The van der Waals surface area contributed by atoms with Crippen LogP contribution in [0.4, 0.5) is 4.39 Å². The molecule has 28 heavy (non-hydrogen) atoms. The van der Waals surface area contributed by atoms with E-state index in [1.807, 2.05) is 37.4 Å². The molecule has 0 spiro atoms. The van der Waals surface area contributed by atoms with E-state index in [0.29, 0.717) is 11.3 Å². The van der Waals surface area contributed by atoms with Crippen LogP contribution < -0.4 is 4.74 Å². The highest BCUT2D eigenvalue weighted by atomic mass is 19.1. The van der Waals surface area contributed by atoms with Crippen molar-refractivity contribution in [2.75, 3.05) is 7.11 Å². The quantitative estimate of drug-likeness (QED) is 0.468. The maximum absolute atomic E-state index is 14.1. The summed E-state index contributed by atoms with van der Waals surface area (Å²) in [5.74, 6) is 1.91. The maximum Gasteiger partial charge on any atom is 0.153 e. The Labute approximate surface area is 161 Å². The van der Waals surface area contributed by atoms with E-state index in [0.717, 1.165) is 46.0 Å². The first kappa shape index (κ1) is 16.6. The molecule has 0 N–H and O–H groups in total. The van der Waals surface area contributed by atoms with Crippen molar-refractivity contribution < 1.29 is 9.13 Å². The van der Waals surface area contributed by atoms with Crippen molar-refractivity contribution in [2.24, 2.45) is 0 Å². The molecule has 4 aromatic rings. The molecule has 0 radical (unpaired) electrons. The van der Waals surface area contributed by atoms with Crippen molar-refractivity contribution in [1.29, 1.82) is 0 Å². The van der Waals surface area contributed by atoms with Gasteiger partial charge >= 0.3 is 0 Å². The lowest BCUT2D eigenvalue weighted by molar-refractivity contribution is 0.410. The molecule has 6 heteroatoms. The van der Waals surface area contributed by atoms with E-state index >= 15 is 0 Å². The standard InChI is InChI=1S/C22H17FN4O/c1-13-15-5-3-7-18(23)21(15)26-20(24-13)10-9-14-11-27-12-17-16(22(27)25-14)6-4-8-19(17)28-2/h3-11H,12H2,1-2H3/b10-9+. The zero-order valence-corrected chi connectivity index (χ0v) is 15.5. The van der Waals surface area contributed by atoms with E-state index < -0.39 is 0 Å². The molecule has 0 atom stereocenters. The van der Waals surface area contributed by atoms with Gasteiger partial charge in [-0.3, -0.25) is 0 Å². The van der Waals surface area contributed by atoms with E-state index in [9.17, 15) is 4.39 Å². The van der Waals surface area contributed by atoms with Gasteiger partial charge < -0.3 is 9.30 Å². The normalized spacial score (nSPS) is 12.5. The van der Waals surface area contributed by atoms with E-state index in [2.05, 4.69) is 20.6 Å². The van der Waals surface area contributed by atoms with E-state index in [1.165, 1.54) is 6.07 Å². The lowest BCUT2D eigenvalue weighted by Gasteiger charge is -2.05. The fourth-order valence-electron chi connectivity index (χ4n) is 3.68. The van der Waals surface area contributed by atoms with Gasteiger partial charge in [0.1, 0.15) is 22.9 Å². The van der Waals surface area contributed by atoms with Crippen LogP contribution >= 0.6 is 0 Å². The lowest BCUT2D eigenvalue weighted by atomic mass is 10.1. The fraction of sp³-hybridized carbons (Fsp3) is 0.136. The molecule has 0 aliphatic carbocycles. The number of halogens is 1. The average molecular weight is 372 g/mol. The summed E-state index contributed by atoms with van der Waals surface area (Å²) in [6.45, 7) is 2.59. The molecule has 0 saturated heterocycles. The predicted octanol–water partition coefficient (Wildman–Crippen LogP) is 4.48. The smallest absolute Gasteiger partial charge is 0.153 e. The Bertz CT molecular complexity index is 1260. The molecule has 1 aliphatic heterocycles. The molecule has 2 aromatic heterocycles. The van der Waals surface area contributed by atoms with Gasteiger partial charge in [0.2, 0.25) is 0 Å². The third-order valence-electron chi connectivity index (χ3n) is 5.01. The number of nitrogens with zero attached hydrogens (tertiary/aromatic N) is 4. The minimum atomic E-state index is -0.343. The van der Waals surface area contributed by atoms with Gasteiger partial charge in [-0.15, -0.1) is 0 Å². The summed E-state index contributed by atoms with van der Waals surface area (Å²) in [4.78, 5) is 13.5. The lowest BCUT2D eigenvalue weighted by Crippen LogP contribution is -1.95.